The van der Waals surface area contributed by atoms with E-state index in [0.29, 0.717) is 27.7 Å². The number of hydrogen-bond donors (Lipinski definition) is 1. The van der Waals surface area contributed by atoms with Crippen molar-refractivity contribution >= 4 is 46.6 Å². The molecule has 9 heteroatoms. The summed E-state index contributed by atoms with van der Waals surface area (Å²) in [6, 6.07) is 10.9. The lowest BCUT2D eigenvalue weighted by atomic mass is 10.1. The van der Waals surface area contributed by atoms with Crippen molar-refractivity contribution in [3.05, 3.63) is 53.1 Å². The van der Waals surface area contributed by atoms with E-state index in [-0.39, 0.29) is 37.1 Å². The fourth-order valence-electron chi connectivity index (χ4n) is 3.09. The SMILES string of the molecule is COc1ccc(Cl)cc1NC(=O)CN(C)C(=O)c1ccc(N2C(=O)CCC2=O)cc1. The molecule has 156 valence electrons. The van der Waals surface area contributed by atoms with E-state index in [2.05, 4.69) is 5.32 Å². The zero-order valence-electron chi connectivity index (χ0n) is 16.5. The Balaban J connectivity index is 1.64. The van der Waals surface area contributed by atoms with Gasteiger partial charge in [-0.2, -0.15) is 0 Å². The van der Waals surface area contributed by atoms with Gasteiger partial charge >= 0.3 is 0 Å². The van der Waals surface area contributed by atoms with Crippen molar-refractivity contribution in [2.24, 2.45) is 0 Å². The maximum atomic E-state index is 12.6. The van der Waals surface area contributed by atoms with E-state index in [1.54, 1.807) is 30.3 Å². The third-order valence-electron chi connectivity index (χ3n) is 4.59. The van der Waals surface area contributed by atoms with Crippen LogP contribution in [0.4, 0.5) is 11.4 Å². The van der Waals surface area contributed by atoms with E-state index in [4.69, 9.17) is 16.3 Å². The van der Waals surface area contributed by atoms with E-state index in [1.807, 2.05) is 0 Å². The van der Waals surface area contributed by atoms with Crippen molar-refractivity contribution in [3.63, 3.8) is 0 Å². The van der Waals surface area contributed by atoms with Crippen LogP contribution in [0.15, 0.2) is 42.5 Å². The van der Waals surface area contributed by atoms with Gasteiger partial charge in [-0.25, -0.2) is 0 Å². The third-order valence-corrected chi connectivity index (χ3v) is 4.82. The minimum absolute atomic E-state index is 0.189. The molecule has 4 amide bonds. The minimum atomic E-state index is -0.420. The Hall–Kier alpha value is -3.39. The summed E-state index contributed by atoms with van der Waals surface area (Å²) in [6.45, 7) is -0.195. The molecule has 8 nitrogen and oxygen atoms in total. The van der Waals surface area contributed by atoms with Crippen LogP contribution >= 0.6 is 11.6 Å². The lowest BCUT2D eigenvalue weighted by Gasteiger charge is -2.18. The topological polar surface area (TPSA) is 96.0 Å². The zero-order chi connectivity index (χ0) is 21.8. The van der Waals surface area contributed by atoms with E-state index in [1.165, 1.54) is 31.2 Å². The highest BCUT2D eigenvalue weighted by molar-refractivity contribution is 6.31. The molecule has 0 saturated carbocycles. The number of nitrogens with one attached hydrogen (secondary N) is 1. The van der Waals surface area contributed by atoms with Gasteiger partial charge in [-0.05, 0) is 42.5 Å². The number of rotatable bonds is 6. The van der Waals surface area contributed by atoms with Gasteiger partial charge in [-0.15, -0.1) is 0 Å². The summed E-state index contributed by atoms with van der Waals surface area (Å²) in [4.78, 5) is 51.0. The number of anilines is 2. The van der Waals surface area contributed by atoms with Crippen molar-refractivity contribution in [2.75, 3.05) is 30.9 Å². The number of carbonyl (C=O) groups is 4. The maximum Gasteiger partial charge on any atom is 0.254 e. The van der Waals surface area contributed by atoms with Crippen LogP contribution in [-0.4, -0.2) is 49.2 Å². The van der Waals surface area contributed by atoms with Gasteiger partial charge in [-0.3, -0.25) is 24.1 Å². The van der Waals surface area contributed by atoms with Crippen LogP contribution in [0.1, 0.15) is 23.2 Å². The third kappa shape index (κ3) is 4.60. The second kappa shape index (κ2) is 8.96. The molecule has 1 saturated heterocycles. The van der Waals surface area contributed by atoms with Gasteiger partial charge in [0.05, 0.1) is 25.0 Å². The minimum Gasteiger partial charge on any atom is -0.495 e. The molecule has 0 aromatic heterocycles. The number of likely N-dealkylation sites (N-methyl/N-ethyl adjacent to an activating group) is 1. The van der Waals surface area contributed by atoms with Crippen LogP contribution in [-0.2, 0) is 14.4 Å². The molecule has 2 aromatic carbocycles. The molecule has 3 rings (SSSR count). The molecule has 1 fully saturated rings. The molecule has 2 aromatic rings. The van der Waals surface area contributed by atoms with Crippen LogP contribution < -0.4 is 15.0 Å². The Morgan fingerprint density at radius 1 is 1.10 bits per heavy atom. The molecule has 1 aliphatic rings. The molecular formula is C21H20ClN3O5. The lowest BCUT2D eigenvalue weighted by molar-refractivity contribution is -0.121. The first-order valence-electron chi connectivity index (χ1n) is 9.15. The summed E-state index contributed by atoms with van der Waals surface area (Å²) >= 11 is 5.95. The summed E-state index contributed by atoms with van der Waals surface area (Å²) in [7, 11) is 2.97. The van der Waals surface area contributed by atoms with Gasteiger partial charge in [-0.1, -0.05) is 11.6 Å². The first kappa shape index (κ1) is 21.3. The van der Waals surface area contributed by atoms with Crippen molar-refractivity contribution in [1.29, 1.82) is 0 Å². The van der Waals surface area contributed by atoms with Crippen LogP contribution in [0.2, 0.25) is 5.02 Å². The first-order valence-corrected chi connectivity index (χ1v) is 9.52. The van der Waals surface area contributed by atoms with Crippen LogP contribution in [0, 0.1) is 0 Å². The van der Waals surface area contributed by atoms with E-state index >= 15 is 0 Å². The average Bonchev–Trinajstić information content (AvgIpc) is 3.05. The molecule has 0 atom stereocenters. The quantitative estimate of drug-likeness (QED) is 0.712. The predicted octanol–water partition coefficient (Wildman–Crippen LogP) is 2.71. The average molecular weight is 430 g/mol. The van der Waals surface area contributed by atoms with E-state index in [9.17, 15) is 19.2 Å². The number of methoxy groups -OCH3 is 1. The molecule has 0 unspecified atom stereocenters. The smallest absolute Gasteiger partial charge is 0.254 e. The highest BCUT2D eigenvalue weighted by Gasteiger charge is 2.30. The van der Waals surface area contributed by atoms with Gasteiger partial charge in [0.1, 0.15) is 5.75 Å². The second-order valence-corrected chi connectivity index (χ2v) is 7.16. The van der Waals surface area contributed by atoms with Crippen molar-refractivity contribution in [2.45, 2.75) is 12.8 Å². The highest BCUT2D eigenvalue weighted by Crippen LogP contribution is 2.27. The fourth-order valence-corrected chi connectivity index (χ4v) is 3.26. The largest absolute Gasteiger partial charge is 0.495 e. The number of halogens is 1. The number of amides is 4. The van der Waals surface area contributed by atoms with Crippen LogP contribution in [0.5, 0.6) is 5.75 Å². The summed E-state index contributed by atoms with van der Waals surface area (Å²) in [5.74, 6) is -0.873. The fraction of sp³-hybridized carbons (Fsp3) is 0.238. The molecule has 1 heterocycles. The Labute approximate surface area is 178 Å². The number of nitrogens with zero attached hydrogens (tertiary/aromatic N) is 2. The molecule has 0 aliphatic carbocycles. The second-order valence-electron chi connectivity index (χ2n) is 6.72. The summed E-state index contributed by atoms with van der Waals surface area (Å²) < 4.78 is 5.19. The summed E-state index contributed by atoms with van der Waals surface area (Å²) in [6.07, 6.45) is 0.379. The molecule has 0 bridgehead atoms. The van der Waals surface area contributed by atoms with Crippen LogP contribution in [0.25, 0.3) is 0 Å². The van der Waals surface area contributed by atoms with E-state index in [0.717, 1.165) is 4.90 Å². The predicted molar refractivity (Wildman–Crippen MR) is 112 cm³/mol. The molecule has 30 heavy (non-hydrogen) atoms. The van der Waals surface area contributed by atoms with E-state index < -0.39 is 5.91 Å². The molecule has 0 spiro atoms. The number of ether oxygens (including phenoxy) is 1. The summed E-state index contributed by atoms with van der Waals surface area (Å²) in [5, 5.41) is 3.11. The number of benzene rings is 2. The number of carbonyl (C=O) groups excluding carboxylic acids is 4. The van der Waals surface area contributed by atoms with Crippen LogP contribution in [0.3, 0.4) is 0 Å². The Morgan fingerprint density at radius 2 is 1.73 bits per heavy atom. The van der Waals surface area contributed by atoms with Crippen molar-refractivity contribution in [1.82, 2.24) is 4.90 Å². The maximum absolute atomic E-state index is 12.6. The molecule has 1 N–H and O–H groups in total. The molecular weight excluding hydrogens is 410 g/mol. The Bertz CT molecular complexity index is 990. The Morgan fingerprint density at radius 3 is 2.33 bits per heavy atom. The Kier molecular flexibility index (Phi) is 6.37. The zero-order valence-corrected chi connectivity index (χ0v) is 17.2. The molecule has 0 radical (unpaired) electrons. The molecule has 1 aliphatic heterocycles. The summed E-state index contributed by atoms with van der Waals surface area (Å²) in [5.41, 5.74) is 1.15. The lowest BCUT2D eigenvalue weighted by Crippen LogP contribution is -2.35. The van der Waals surface area contributed by atoms with Gasteiger partial charge in [0.15, 0.2) is 0 Å². The van der Waals surface area contributed by atoms with Crippen molar-refractivity contribution in [3.8, 4) is 5.75 Å². The number of imide groups is 1. The standard InChI is InChI=1S/C21H20ClN3O5/c1-24(12-18(26)23-16-11-14(22)5-8-17(16)30-2)21(29)13-3-6-15(7-4-13)25-19(27)9-10-20(25)28/h3-8,11H,9-10,12H2,1-2H3,(H,23,26). The van der Waals surface area contributed by atoms with Gasteiger partial charge in [0, 0.05) is 30.5 Å². The van der Waals surface area contributed by atoms with Gasteiger partial charge in [0.2, 0.25) is 17.7 Å². The normalized spacial score (nSPS) is 13.4. The van der Waals surface area contributed by atoms with Gasteiger partial charge < -0.3 is 15.0 Å². The highest BCUT2D eigenvalue weighted by atomic mass is 35.5. The number of hydrogen-bond acceptors (Lipinski definition) is 5. The van der Waals surface area contributed by atoms with Gasteiger partial charge in [0.25, 0.3) is 5.91 Å². The van der Waals surface area contributed by atoms with Crippen molar-refractivity contribution < 1.29 is 23.9 Å². The monoisotopic (exact) mass is 429 g/mol. The first-order chi connectivity index (χ1) is 14.3.